The molecular formula is C25H21NY2-2. The molecule has 0 saturated heterocycles. The van der Waals surface area contributed by atoms with Gasteiger partial charge in [0.1, 0.15) is 0 Å². The van der Waals surface area contributed by atoms with E-state index < -0.39 is 0 Å². The summed E-state index contributed by atoms with van der Waals surface area (Å²) in [5.74, 6) is 0. The zero-order valence-corrected chi connectivity index (χ0v) is 22.0. The Balaban J connectivity index is 0.00000140. The van der Waals surface area contributed by atoms with Crippen molar-refractivity contribution < 1.29 is 65.4 Å². The van der Waals surface area contributed by atoms with Crippen molar-refractivity contribution in [3.8, 4) is 11.1 Å². The second-order valence-electron chi connectivity index (χ2n) is 6.38. The molecule has 0 spiro atoms. The van der Waals surface area contributed by atoms with Crippen molar-refractivity contribution in [1.82, 2.24) is 4.57 Å². The second-order valence-corrected chi connectivity index (χ2v) is 6.38. The third kappa shape index (κ3) is 4.65. The molecular weight excluding hydrogens is 492 g/mol. The van der Waals surface area contributed by atoms with E-state index in [0.29, 0.717) is 0 Å². The summed E-state index contributed by atoms with van der Waals surface area (Å²) in [6, 6.07) is 28.0. The first-order chi connectivity index (χ1) is 12.8. The first-order valence-corrected chi connectivity index (χ1v) is 9.00. The van der Waals surface area contributed by atoms with E-state index in [0.717, 1.165) is 17.7 Å². The van der Waals surface area contributed by atoms with Crippen LogP contribution in [0.4, 0.5) is 0 Å². The number of para-hydroxylation sites is 1. The number of aromatic nitrogens is 1. The van der Waals surface area contributed by atoms with Crippen molar-refractivity contribution in [3.05, 3.63) is 96.6 Å². The minimum atomic E-state index is 0. The Kier molecular flexibility index (Phi) is 9.03. The predicted octanol–water partition coefficient (Wildman–Crippen LogP) is 6.58. The standard InChI is InChI=1S/C25H21N.2Y/c1-3-10-19(4-2)18-26-24-14-9-8-13-22(24)23-17-21(15-16-25(23)26)20-11-6-5-7-12-20;;/h3-11,13-16H,18H2,1-2H3;;/q-2;;/b10-3-,19-4+;;. The molecule has 4 rings (SSSR count). The maximum atomic E-state index is 3.64. The maximum Gasteiger partial charge on any atom is 0.0398 e. The molecule has 28 heavy (non-hydrogen) atoms. The van der Waals surface area contributed by atoms with Gasteiger partial charge in [-0.25, -0.2) is 5.56 Å². The molecule has 1 aromatic heterocycles. The summed E-state index contributed by atoms with van der Waals surface area (Å²) in [7, 11) is 0. The Morgan fingerprint density at radius 2 is 1.68 bits per heavy atom. The molecule has 0 aliphatic rings. The average molecular weight is 513 g/mol. The van der Waals surface area contributed by atoms with Gasteiger partial charge in [0, 0.05) is 77.5 Å². The van der Waals surface area contributed by atoms with Crippen LogP contribution in [0.1, 0.15) is 13.8 Å². The molecule has 0 atom stereocenters. The van der Waals surface area contributed by atoms with Gasteiger partial charge in [-0.3, -0.25) is 0 Å². The Morgan fingerprint density at radius 3 is 2.39 bits per heavy atom. The third-order valence-electron chi connectivity index (χ3n) is 4.77. The number of hydrogen-bond acceptors (Lipinski definition) is 0. The van der Waals surface area contributed by atoms with Gasteiger partial charge in [0.05, 0.1) is 0 Å². The fourth-order valence-electron chi connectivity index (χ4n) is 3.49. The summed E-state index contributed by atoms with van der Waals surface area (Å²) < 4.78 is 2.38. The van der Waals surface area contributed by atoms with Gasteiger partial charge < -0.3 is 4.57 Å². The van der Waals surface area contributed by atoms with Crippen LogP contribution in [0.2, 0.25) is 0 Å². The summed E-state index contributed by atoms with van der Waals surface area (Å²) in [6.45, 7) is 5.01. The molecule has 0 fully saturated rings. The summed E-state index contributed by atoms with van der Waals surface area (Å²) in [6.07, 6.45) is 6.45. The first kappa shape index (κ1) is 23.4. The molecule has 4 aromatic rings. The van der Waals surface area contributed by atoms with E-state index in [4.69, 9.17) is 0 Å². The van der Waals surface area contributed by atoms with Gasteiger partial charge in [-0.15, -0.1) is 17.5 Å². The largest absolute Gasteiger partial charge is 0.375 e. The molecule has 0 unspecified atom stereocenters. The van der Waals surface area contributed by atoms with Crippen LogP contribution in [0.5, 0.6) is 0 Å². The molecule has 134 valence electrons. The van der Waals surface area contributed by atoms with Crippen LogP contribution in [0.3, 0.4) is 0 Å². The minimum absolute atomic E-state index is 0. The average Bonchev–Trinajstić information content (AvgIpc) is 3.01. The number of rotatable bonds is 4. The zero-order chi connectivity index (χ0) is 17.9. The van der Waals surface area contributed by atoms with Crippen LogP contribution < -0.4 is 0 Å². The summed E-state index contributed by atoms with van der Waals surface area (Å²) >= 11 is 0. The fourth-order valence-corrected chi connectivity index (χ4v) is 3.49. The Labute approximate surface area is 217 Å². The topological polar surface area (TPSA) is 4.93 Å². The summed E-state index contributed by atoms with van der Waals surface area (Å²) in [5, 5.41) is 2.42. The molecule has 3 aromatic carbocycles. The normalized spacial score (nSPS) is 11.6. The number of fused-ring (bicyclic) bond motifs is 3. The number of benzene rings is 3. The summed E-state index contributed by atoms with van der Waals surface area (Å²) in [4.78, 5) is 0. The van der Waals surface area contributed by atoms with E-state index in [1.807, 2.05) is 18.2 Å². The minimum Gasteiger partial charge on any atom is -0.375 e. The molecule has 1 nitrogen and oxygen atoms in total. The van der Waals surface area contributed by atoms with Gasteiger partial charge in [-0.2, -0.15) is 42.0 Å². The van der Waals surface area contributed by atoms with Crippen molar-refractivity contribution in [2.75, 3.05) is 0 Å². The van der Waals surface area contributed by atoms with Crippen molar-refractivity contribution in [1.29, 1.82) is 0 Å². The molecule has 2 radical (unpaired) electrons. The van der Waals surface area contributed by atoms with Crippen LogP contribution in [-0.2, 0) is 72.0 Å². The van der Waals surface area contributed by atoms with Crippen LogP contribution in [0.15, 0.2) is 84.5 Å². The van der Waals surface area contributed by atoms with Gasteiger partial charge in [0.2, 0.25) is 0 Å². The van der Waals surface area contributed by atoms with Gasteiger partial charge in [-0.1, -0.05) is 41.8 Å². The van der Waals surface area contributed by atoms with Crippen molar-refractivity contribution in [3.63, 3.8) is 0 Å². The SMILES string of the molecule is C/C=C\C(=C/C)Cn1c2ccc(-c3[c-]cccc3)[c-]c2c2ccccc21.[Y].[Y]. The molecule has 0 saturated carbocycles. The Morgan fingerprint density at radius 1 is 0.893 bits per heavy atom. The Hall–Kier alpha value is -0.852. The van der Waals surface area contributed by atoms with Crippen LogP contribution in [0, 0.1) is 12.1 Å². The van der Waals surface area contributed by atoms with E-state index in [1.165, 1.54) is 27.4 Å². The van der Waals surface area contributed by atoms with Gasteiger partial charge >= 0.3 is 0 Å². The molecule has 0 bridgehead atoms. The molecule has 0 aliphatic carbocycles. The van der Waals surface area contributed by atoms with E-state index in [9.17, 15) is 0 Å². The number of nitrogens with zero attached hydrogens (tertiary/aromatic N) is 1. The maximum absolute atomic E-state index is 3.64. The zero-order valence-electron chi connectivity index (χ0n) is 16.3. The number of hydrogen-bond donors (Lipinski definition) is 0. The number of allylic oxidation sites excluding steroid dienone is 4. The smallest absolute Gasteiger partial charge is 0.0398 e. The van der Waals surface area contributed by atoms with Gasteiger partial charge in [0.25, 0.3) is 0 Å². The van der Waals surface area contributed by atoms with Crippen molar-refractivity contribution >= 4 is 21.8 Å². The predicted molar refractivity (Wildman–Crippen MR) is 111 cm³/mol. The van der Waals surface area contributed by atoms with Crippen LogP contribution in [0.25, 0.3) is 32.9 Å². The van der Waals surface area contributed by atoms with Crippen molar-refractivity contribution in [2.24, 2.45) is 0 Å². The van der Waals surface area contributed by atoms with Crippen molar-refractivity contribution in [2.45, 2.75) is 20.4 Å². The second kappa shape index (κ2) is 10.8. The van der Waals surface area contributed by atoms with E-state index in [1.54, 1.807) is 0 Å². The van der Waals surface area contributed by atoms with E-state index in [2.05, 4.69) is 91.2 Å². The molecule has 0 aliphatic heterocycles. The monoisotopic (exact) mass is 513 g/mol. The molecule has 1 heterocycles. The van der Waals surface area contributed by atoms with Crippen LogP contribution in [-0.4, -0.2) is 4.57 Å². The summed E-state index contributed by atoms with van der Waals surface area (Å²) in [5.41, 5.74) is 5.93. The van der Waals surface area contributed by atoms with E-state index in [-0.39, 0.29) is 65.4 Å². The van der Waals surface area contributed by atoms with Gasteiger partial charge in [-0.05, 0) is 31.0 Å². The molecule has 3 heteroatoms. The third-order valence-corrected chi connectivity index (χ3v) is 4.77. The first-order valence-electron chi connectivity index (χ1n) is 9.00. The van der Waals surface area contributed by atoms with Crippen LogP contribution >= 0.6 is 0 Å². The quantitative estimate of drug-likeness (QED) is 0.215. The molecule has 0 amide bonds. The Bertz CT molecular complexity index is 1120. The fraction of sp³-hybridized carbons (Fsp3) is 0.120. The molecule has 0 N–H and O–H groups in total. The van der Waals surface area contributed by atoms with Gasteiger partial charge in [0.15, 0.2) is 0 Å². The van der Waals surface area contributed by atoms with E-state index >= 15 is 0 Å².